The average molecular weight is 275 g/mol. The van der Waals surface area contributed by atoms with E-state index in [-0.39, 0.29) is 17.5 Å². The van der Waals surface area contributed by atoms with Crippen molar-refractivity contribution >= 4 is 10.0 Å². The van der Waals surface area contributed by atoms with Gasteiger partial charge in [0.25, 0.3) is 0 Å². The van der Waals surface area contributed by atoms with Crippen molar-refractivity contribution in [1.29, 1.82) is 0 Å². The number of rotatable bonds is 5. The van der Waals surface area contributed by atoms with Crippen molar-refractivity contribution in [3.8, 4) is 0 Å². The lowest BCUT2D eigenvalue weighted by atomic mass is 10.1. The Morgan fingerprint density at radius 2 is 1.83 bits per heavy atom. The molecule has 0 fully saturated rings. The van der Waals surface area contributed by atoms with Gasteiger partial charge in [-0.05, 0) is 44.0 Å². The molecule has 1 N–H and O–H groups in total. The standard InChI is InChI=1S/C12H18FNO3S/c1-8-5-11(13)6-9(2)12(8)18(15,16)14-10(3)7-17-4/h5-6,10,14H,7H2,1-4H3. The molecule has 4 nitrogen and oxygen atoms in total. The third kappa shape index (κ3) is 3.51. The second-order valence-electron chi connectivity index (χ2n) is 4.35. The van der Waals surface area contributed by atoms with Gasteiger partial charge < -0.3 is 4.74 Å². The van der Waals surface area contributed by atoms with Gasteiger partial charge in [0.1, 0.15) is 5.82 Å². The van der Waals surface area contributed by atoms with E-state index in [9.17, 15) is 12.8 Å². The SMILES string of the molecule is COCC(C)NS(=O)(=O)c1c(C)cc(F)cc1C. The van der Waals surface area contributed by atoms with Crippen LogP contribution in [0.25, 0.3) is 0 Å². The first-order valence-electron chi connectivity index (χ1n) is 5.56. The van der Waals surface area contributed by atoms with E-state index in [2.05, 4.69) is 4.72 Å². The lowest BCUT2D eigenvalue weighted by Crippen LogP contribution is -2.36. The monoisotopic (exact) mass is 275 g/mol. The number of ether oxygens (including phenoxy) is 1. The van der Waals surface area contributed by atoms with E-state index in [0.717, 1.165) is 0 Å². The summed E-state index contributed by atoms with van der Waals surface area (Å²) in [5.74, 6) is -0.436. The first-order chi connectivity index (χ1) is 8.27. The van der Waals surface area contributed by atoms with Gasteiger partial charge in [0.15, 0.2) is 0 Å². The molecule has 0 radical (unpaired) electrons. The van der Waals surface area contributed by atoms with E-state index in [1.807, 2.05) is 0 Å². The minimum atomic E-state index is -3.66. The number of methoxy groups -OCH3 is 1. The first kappa shape index (κ1) is 15.1. The van der Waals surface area contributed by atoms with Gasteiger partial charge in [-0.15, -0.1) is 0 Å². The fourth-order valence-corrected chi connectivity index (χ4v) is 3.61. The van der Waals surface area contributed by atoms with Crippen LogP contribution in [-0.4, -0.2) is 28.2 Å². The fraction of sp³-hybridized carbons (Fsp3) is 0.500. The topological polar surface area (TPSA) is 55.4 Å². The molecule has 0 saturated heterocycles. The maximum Gasteiger partial charge on any atom is 0.241 e. The molecule has 1 aromatic rings. The normalized spacial score (nSPS) is 13.6. The molecule has 0 bridgehead atoms. The highest BCUT2D eigenvalue weighted by Gasteiger charge is 2.22. The van der Waals surface area contributed by atoms with E-state index in [1.165, 1.54) is 19.2 Å². The van der Waals surface area contributed by atoms with Crippen LogP contribution in [0.3, 0.4) is 0 Å². The molecule has 18 heavy (non-hydrogen) atoms. The van der Waals surface area contributed by atoms with Gasteiger partial charge in [0.2, 0.25) is 10.0 Å². The van der Waals surface area contributed by atoms with E-state index >= 15 is 0 Å². The average Bonchev–Trinajstić information content (AvgIpc) is 2.13. The number of benzene rings is 1. The number of sulfonamides is 1. The summed E-state index contributed by atoms with van der Waals surface area (Å²) < 4.78 is 44.9. The molecule has 0 saturated carbocycles. The maximum absolute atomic E-state index is 13.1. The summed E-state index contributed by atoms with van der Waals surface area (Å²) in [4.78, 5) is 0.131. The van der Waals surface area contributed by atoms with Crippen LogP contribution in [-0.2, 0) is 14.8 Å². The quantitative estimate of drug-likeness (QED) is 0.890. The van der Waals surface area contributed by atoms with Crippen LogP contribution in [0.15, 0.2) is 17.0 Å². The van der Waals surface area contributed by atoms with Crippen molar-refractivity contribution in [2.45, 2.75) is 31.7 Å². The molecule has 1 unspecified atom stereocenters. The van der Waals surface area contributed by atoms with Crippen molar-refractivity contribution in [2.24, 2.45) is 0 Å². The van der Waals surface area contributed by atoms with Gasteiger partial charge in [-0.25, -0.2) is 17.5 Å². The lowest BCUT2D eigenvalue weighted by Gasteiger charge is -2.16. The highest BCUT2D eigenvalue weighted by atomic mass is 32.2. The molecule has 102 valence electrons. The molecule has 1 rings (SSSR count). The number of aryl methyl sites for hydroxylation is 2. The lowest BCUT2D eigenvalue weighted by molar-refractivity contribution is 0.180. The second kappa shape index (κ2) is 5.77. The molecule has 0 spiro atoms. The number of halogens is 1. The van der Waals surface area contributed by atoms with Crippen LogP contribution in [0.4, 0.5) is 4.39 Å². The Labute approximate surface area is 107 Å². The van der Waals surface area contributed by atoms with Gasteiger partial charge in [0.05, 0.1) is 11.5 Å². The maximum atomic E-state index is 13.1. The summed E-state index contributed by atoms with van der Waals surface area (Å²) >= 11 is 0. The molecule has 6 heteroatoms. The smallest absolute Gasteiger partial charge is 0.241 e. The van der Waals surface area contributed by atoms with E-state index in [4.69, 9.17) is 4.74 Å². The summed E-state index contributed by atoms with van der Waals surface area (Å²) in [5, 5.41) is 0. The van der Waals surface area contributed by atoms with E-state index in [1.54, 1.807) is 20.8 Å². The largest absolute Gasteiger partial charge is 0.383 e. The van der Waals surface area contributed by atoms with Gasteiger partial charge in [-0.3, -0.25) is 0 Å². The zero-order valence-electron chi connectivity index (χ0n) is 11.0. The molecule has 0 aliphatic rings. The van der Waals surface area contributed by atoms with Crippen molar-refractivity contribution in [3.05, 3.63) is 29.1 Å². The Bertz CT molecular complexity index is 505. The molecule has 0 aliphatic heterocycles. The van der Waals surface area contributed by atoms with Gasteiger partial charge in [-0.2, -0.15) is 0 Å². The number of hydrogen-bond acceptors (Lipinski definition) is 3. The molecule has 0 aliphatic carbocycles. The Morgan fingerprint density at radius 3 is 2.28 bits per heavy atom. The summed E-state index contributed by atoms with van der Waals surface area (Å²) in [5.41, 5.74) is 0.786. The molecule has 1 atom stereocenters. The minimum Gasteiger partial charge on any atom is -0.383 e. The van der Waals surface area contributed by atoms with Crippen LogP contribution >= 0.6 is 0 Å². The van der Waals surface area contributed by atoms with Crippen LogP contribution in [0.1, 0.15) is 18.1 Å². The van der Waals surface area contributed by atoms with Crippen LogP contribution in [0.5, 0.6) is 0 Å². The fourth-order valence-electron chi connectivity index (χ4n) is 1.93. The van der Waals surface area contributed by atoms with Gasteiger partial charge >= 0.3 is 0 Å². The Balaban J connectivity index is 3.13. The number of nitrogens with one attached hydrogen (secondary N) is 1. The Morgan fingerprint density at radius 1 is 1.33 bits per heavy atom. The molecule has 1 aromatic carbocycles. The summed E-state index contributed by atoms with van der Waals surface area (Å²) in [6.07, 6.45) is 0. The Hall–Kier alpha value is -0.980. The Kier molecular flexibility index (Phi) is 4.84. The van der Waals surface area contributed by atoms with Crippen LogP contribution < -0.4 is 4.72 Å². The van der Waals surface area contributed by atoms with Gasteiger partial charge in [-0.1, -0.05) is 0 Å². The molecule has 0 heterocycles. The second-order valence-corrected chi connectivity index (χ2v) is 6.00. The highest BCUT2D eigenvalue weighted by molar-refractivity contribution is 7.89. The van der Waals surface area contributed by atoms with Crippen molar-refractivity contribution < 1.29 is 17.5 Å². The van der Waals surface area contributed by atoms with E-state index in [0.29, 0.717) is 11.1 Å². The zero-order valence-corrected chi connectivity index (χ0v) is 11.8. The van der Waals surface area contributed by atoms with Gasteiger partial charge in [0, 0.05) is 13.2 Å². The van der Waals surface area contributed by atoms with Crippen molar-refractivity contribution in [1.82, 2.24) is 4.72 Å². The van der Waals surface area contributed by atoms with Crippen molar-refractivity contribution in [3.63, 3.8) is 0 Å². The zero-order chi connectivity index (χ0) is 13.9. The number of hydrogen-bond donors (Lipinski definition) is 1. The first-order valence-corrected chi connectivity index (χ1v) is 7.04. The van der Waals surface area contributed by atoms with Crippen molar-refractivity contribution in [2.75, 3.05) is 13.7 Å². The molecular formula is C12H18FNO3S. The summed E-state index contributed by atoms with van der Waals surface area (Å²) in [6, 6.07) is 2.08. The highest BCUT2D eigenvalue weighted by Crippen LogP contribution is 2.21. The van der Waals surface area contributed by atoms with Crippen LogP contribution in [0.2, 0.25) is 0 Å². The summed E-state index contributed by atoms with van der Waals surface area (Å²) in [7, 11) is -2.16. The minimum absolute atomic E-state index is 0.131. The van der Waals surface area contributed by atoms with Crippen LogP contribution in [0, 0.1) is 19.7 Å². The molecule has 0 aromatic heterocycles. The third-order valence-electron chi connectivity index (χ3n) is 2.47. The molecule has 0 amide bonds. The third-order valence-corrected chi connectivity index (χ3v) is 4.36. The van der Waals surface area contributed by atoms with E-state index < -0.39 is 15.8 Å². The molecular weight excluding hydrogens is 257 g/mol. The predicted molar refractivity (Wildman–Crippen MR) is 67.5 cm³/mol. The predicted octanol–water partition coefficient (Wildman–Crippen LogP) is 1.76. The summed E-state index contributed by atoms with van der Waals surface area (Å²) in [6.45, 7) is 5.13.